The van der Waals surface area contributed by atoms with E-state index in [1.807, 2.05) is 4.98 Å². The molecule has 18 heavy (non-hydrogen) atoms. The summed E-state index contributed by atoms with van der Waals surface area (Å²) in [6.45, 7) is 0.0267. The second-order valence-corrected chi connectivity index (χ2v) is 4.14. The largest absolute Gasteiger partial charge is 0.398 e. The first kappa shape index (κ1) is 12.4. The van der Waals surface area contributed by atoms with E-state index in [1.54, 1.807) is 18.2 Å². The first-order valence-electron chi connectivity index (χ1n) is 5.00. The molecule has 0 aliphatic rings. The van der Waals surface area contributed by atoms with Gasteiger partial charge in [0, 0.05) is 10.7 Å². The number of aromatic nitrogens is 2. The maximum absolute atomic E-state index is 13.1. The molecular formula is C11H9ClFN3O2. The van der Waals surface area contributed by atoms with Crippen LogP contribution in [0.2, 0.25) is 5.02 Å². The minimum absolute atomic E-state index is 0.0267. The Hall–Kier alpha value is -2.08. The van der Waals surface area contributed by atoms with Crippen molar-refractivity contribution in [2.75, 3.05) is 5.73 Å². The molecule has 0 bridgehead atoms. The molecule has 5 nitrogen and oxygen atoms in total. The zero-order chi connectivity index (χ0) is 13.3. The highest BCUT2D eigenvalue weighted by molar-refractivity contribution is 6.30. The van der Waals surface area contributed by atoms with Gasteiger partial charge in [-0.15, -0.1) is 0 Å². The number of nitrogens with one attached hydrogen (secondary N) is 1. The topological polar surface area (TPSA) is 80.9 Å². The van der Waals surface area contributed by atoms with Crippen LogP contribution >= 0.6 is 11.6 Å². The first-order chi connectivity index (χ1) is 8.47. The predicted molar refractivity (Wildman–Crippen MR) is 66.2 cm³/mol. The van der Waals surface area contributed by atoms with Crippen molar-refractivity contribution >= 4 is 17.3 Å². The fraction of sp³-hybridized carbons (Fsp3) is 0.0909. The lowest BCUT2D eigenvalue weighted by atomic mass is 10.2. The number of nitrogen functional groups attached to an aromatic ring is 1. The van der Waals surface area contributed by atoms with Gasteiger partial charge in [-0.05, 0) is 23.8 Å². The van der Waals surface area contributed by atoms with Crippen LogP contribution in [0.25, 0.3) is 0 Å². The molecule has 3 N–H and O–H groups in total. The Labute approximate surface area is 106 Å². The SMILES string of the molecule is Nc1ccc(Cl)cc1Cn1cc(F)c(=O)[nH]c1=O. The van der Waals surface area contributed by atoms with Crippen LogP contribution in [0.3, 0.4) is 0 Å². The number of hydrogen-bond acceptors (Lipinski definition) is 3. The standard InChI is InChI=1S/C11H9ClFN3O2/c12-7-1-2-9(14)6(3-7)4-16-5-8(13)10(17)15-11(16)18/h1-3,5H,4,14H2,(H,15,17,18). The zero-order valence-electron chi connectivity index (χ0n) is 9.11. The lowest BCUT2D eigenvalue weighted by Crippen LogP contribution is -2.31. The molecule has 0 atom stereocenters. The lowest BCUT2D eigenvalue weighted by molar-refractivity contribution is 0.566. The highest BCUT2D eigenvalue weighted by Crippen LogP contribution is 2.18. The van der Waals surface area contributed by atoms with Crippen LogP contribution in [0.4, 0.5) is 10.1 Å². The van der Waals surface area contributed by atoms with Crippen LogP contribution in [-0.2, 0) is 6.54 Å². The Kier molecular flexibility index (Phi) is 3.20. The van der Waals surface area contributed by atoms with E-state index in [9.17, 15) is 14.0 Å². The van der Waals surface area contributed by atoms with Crippen LogP contribution in [0.1, 0.15) is 5.56 Å². The summed E-state index contributed by atoms with van der Waals surface area (Å²) < 4.78 is 14.1. The van der Waals surface area contributed by atoms with Crippen molar-refractivity contribution in [3.05, 3.63) is 61.6 Å². The van der Waals surface area contributed by atoms with Gasteiger partial charge in [-0.2, -0.15) is 4.39 Å². The number of anilines is 1. The van der Waals surface area contributed by atoms with Crippen molar-refractivity contribution in [1.29, 1.82) is 0 Å². The van der Waals surface area contributed by atoms with E-state index in [0.29, 0.717) is 16.3 Å². The zero-order valence-corrected chi connectivity index (χ0v) is 9.87. The number of rotatable bonds is 2. The fourth-order valence-electron chi connectivity index (χ4n) is 1.49. The van der Waals surface area contributed by atoms with Gasteiger partial charge >= 0.3 is 5.69 Å². The van der Waals surface area contributed by atoms with E-state index >= 15 is 0 Å². The van der Waals surface area contributed by atoms with Crippen molar-refractivity contribution < 1.29 is 4.39 Å². The van der Waals surface area contributed by atoms with Crippen LogP contribution in [-0.4, -0.2) is 9.55 Å². The maximum atomic E-state index is 13.1. The summed E-state index contributed by atoms with van der Waals surface area (Å²) >= 11 is 5.80. The second-order valence-electron chi connectivity index (χ2n) is 3.71. The van der Waals surface area contributed by atoms with Crippen molar-refractivity contribution in [2.24, 2.45) is 0 Å². The van der Waals surface area contributed by atoms with Crippen LogP contribution < -0.4 is 17.0 Å². The van der Waals surface area contributed by atoms with Gasteiger partial charge in [0.2, 0.25) is 5.82 Å². The second kappa shape index (κ2) is 4.66. The lowest BCUT2D eigenvalue weighted by Gasteiger charge is -2.08. The van der Waals surface area contributed by atoms with Gasteiger partial charge in [0.15, 0.2) is 0 Å². The number of hydrogen-bond donors (Lipinski definition) is 2. The highest BCUT2D eigenvalue weighted by Gasteiger charge is 2.06. The summed E-state index contributed by atoms with van der Waals surface area (Å²) in [5.74, 6) is -1.03. The Morgan fingerprint density at radius 2 is 2.11 bits per heavy atom. The average Bonchev–Trinajstić information content (AvgIpc) is 2.30. The molecule has 1 heterocycles. The smallest absolute Gasteiger partial charge is 0.328 e. The van der Waals surface area contributed by atoms with Crippen LogP contribution in [0, 0.1) is 5.82 Å². The van der Waals surface area contributed by atoms with Crippen molar-refractivity contribution in [3.8, 4) is 0 Å². The number of nitrogens with two attached hydrogens (primary N) is 1. The average molecular weight is 270 g/mol. The van der Waals surface area contributed by atoms with Gasteiger partial charge in [-0.25, -0.2) is 4.79 Å². The van der Waals surface area contributed by atoms with E-state index in [-0.39, 0.29) is 6.54 Å². The number of H-pyrrole nitrogens is 1. The Morgan fingerprint density at radius 1 is 1.39 bits per heavy atom. The summed E-state index contributed by atoms with van der Waals surface area (Å²) in [5.41, 5.74) is 4.96. The molecule has 0 amide bonds. The predicted octanol–water partition coefficient (Wildman–Crippen LogP) is 0.960. The molecule has 0 saturated heterocycles. The van der Waals surface area contributed by atoms with Gasteiger partial charge in [0.05, 0.1) is 12.7 Å². The summed E-state index contributed by atoms with van der Waals surface area (Å²) in [4.78, 5) is 24.2. The van der Waals surface area contributed by atoms with Crippen LogP contribution in [0.15, 0.2) is 34.0 Å². The third kappa shape index (κ3) is 2.43. The molecule has 1 aromatic carbocycles. The van der Waals surface area contributed by atoms with Crippen molar-refractivity contribution in [3.63, 3.8) is 0 Å². The minimum Gasteiger partial charge on any atom is -0.398 e. The quantitative estimate of drug-likeness (QED) is 0.797. The van der Waals surface area contributed by atoms with Gasteiger partial charge < -0.3 is 5.73 Å². The molecule has 7 heteroatoms. The van der Waals surface area contributed by atoms with Crippen molar-refractivity contribution in [1.82, 2.24) is 9.55 Å². The van der Waals surface area contributed by atoms with Crippen LogP contribution in [0.5, 0.6) is 0 Å². The molecule has 0 spiro atoms. The third-order valence-electron chi connectivity index (χ3n) is 2.41. The molecule has 0 radical (unpaired) electrons. The molecular weight excluding hydrogens is 261 g/mol. The number of aromatic amines is 1. The van der Waals surface area contributed by atoms with E-state index in [0.717, 1.165) is 10.8 Å². The van der Waals surface area contributed by atoms with Crippen molar-refractivity contribution in [2.45, 2.75) is 6.54 Å². The normalized spacial score (nSPS) is 10.6. The van der Waals surface area contributed by atoms with E-state index in [2.05, 4.69) is 0 Å². The summed E-state index contributed by atoms with van der Waals surface area (Å²) in [5, 5.41) is 0.456. The number of nitrogens with zero attached hydrogens (tertiary/aromatic N) is 1. The number of benzene rings is 1. The molecule has 94 valence electrons. The van der Waals surface area contributed by atoms with Gasteiger partial charge in [-0.3, -0.25) is 14.3 Å². The summed E-state index contributed by atoms with van der Waals surface area (Å²) in [6, 6.07) is 4.77. The van der Waals surface area contributed by atoms with E-state index < -0.39 is 17.1 Å². The van der Waals surface area contributed by atoms with Gasteiger partial charge in [0.1, 0.15) is 0 Å². The molecule has 0 aliphatic heterocycles. The van der Waals surface area contributed by atoms with E-state index in [4.69, 9.17) is 17.3 Å². The van der Waals surface area contributed by atoms with E-state index in [1.165, 1.54) is 0 Å². The Morgan fingerprint density at radius 3 is 2.83 bits per heavy atom. The molecule has 2 aromatic rings. The Balaban J connectivity index is 2.46. The Bertz CT molecular complexity index is 708. The highest BCUT2D eigenvalue weighted by atomic mass is 35.5. The minimum atomic E-state index is -1.05. The monoisotopic (exact) mass is 269 g/mol. The van der Waals surface area contributed by atoms with Gasteiger partial charge in [0.25, 0.3) is 5.56 Å². The molecule has 0 aliphatic carbocycles. The molecule has 0 fully saturated rings. The molecule has 0 saturated carbocycles. The van der Waals surface area contributed by atoms with Gasteiger partial charge in [-0.1, -0.05) is 11.6 Å². The fourth-order valence-corrected chi connectivity index (χ4v) is 1.69. The summed E-state index contributed by atoms with van der Waals surface area (Å²) in [7, 11) is 0. The maximum Gasteiger partial charge on any atom is 0.328 e. The third-order valence-corrected chi connectivity index (χ3v) is 2.65. The summed E-state index contributed by atoms with van der Waals surface area (Å²) in [6.07, 6.45) is 0.835. The molecule has 1 aromatic heterocycles. The first-order valence-corrected chi connectivity index (χ1v) is 5.38. The number of halogens is 2. The molecule has 2 rings (SSSR count). The molecule has 0 unspecified atom stereocenters.